The number of halogens is 1. The molecule has 0 saturated heterocycles. The second-order valence-electron chi connectivity index (χ2n) is 6.00. The van der Waals surface area contributed by atoms with Gasteiger partial charge in [0, 0.05) is 17.3 Å². The second-order valence-corrected chi connectivity index (χ2v) is 7.35. The van der Waals surface area contributed by atoms with E-state index in [4.69, 9.17) is 16.3 Å². The molecule has 0 aliphatic heterocycles. The zero-order valence-electron chi connectivity index (χ0n) is 15.9. The van der Waals surface area contributed by atoms with Crippen molar-refractivity contribution in [2.24, 2.45) is 0 Å². The molecule has 28 heavy (non-hydrogen) atoms. The Morgan fingerprint density at radius 3 is 2.75 bits per heavy atom. The molecule has 1 aromatic heterocycles. The van der Waals surface area contributed by atoms with Crippen LogP contribution in [0.3, 0.4) is 0 Å². The number of carbonyl (C=O) groups is 1. The number of hydrogen-bond donors (Lipinski definition) is 1. The predicted octanol–water partition coefficient (Wildman–Crippen LogP) is 4.67. The smallest absolute Gasteiger partial charge is 0.234 e. The Balaban J connectivity index is 1.74. The number of aromatic nitrogens is 3. The van der Waals surface area contributed by atoms with Crippen LogP contribution in [0.1, 0.15) is 12.5 Å². The van der Waals surface area contributed by atoms with Crippen LogP contribution in [-0.2, 0) is 11.3 Å². The van der Waals surface area contributed by atoms with Crippen molar-refractivity contribution in [3.05, 3.63) is 53.1 Å². The van der Waals surface area contributed by atoms with E-state index in [1.165, 1.54) is 11.8 Å². The summed E-state index contributed by atoms with van der Waals surface area (Å²) in [6.07, 6.45) is 0. The molecule has 0 fully saturated rings. The maximum Gasteiger partial charge on any atom is 0.234 e. The first-order valence-corrected chi connectivity index (χ1v) is 10.2. The average Bonchev–Trinajstić information content (AvgIpc) is 3.12. The number of para-hydroxylation sites is 1. The molecule has 3 aromatic rings. The van der Waals surface area contributed by atoms with Gasteiger partial charge >= 0.3 is 0 Å². The number of ether oxygens (including phenoxy) is 1. The topological polar surface area (TPSA) is 69.0 Å². The number of carbonyl (C=O) groups excluding carboxylic acids is 1. The first kappa shape index (κ1) is 20.2. The molecule has 0 radical (unpaired) electrons. The van der Waals surface area contributed by atoms with Crippen LogP contribution in [0.15, 0.2) is 47.6 Å². The Morgan fingerprint density at radius 2 is 2.00 bits per heavy atom. The molecule has 1 amide bonds. The van der Waals surface area contributed by atoms with Gasteiger partial charge in [0.2, 0.25) is 5.91 Å². The van der Waals surface area contributed by atoms with Gasteiger partial charge in [-0.15, -0.1) is 10.2 Å². The Kier molecular flexibility index (Phi) is 6.59. The number of rotatable bonds is 7. The molecular weight excluding hydrogens is 396 g/mol. The Labute approximate surface area is 173 Å². The lowest BCUT2D eigenvalue weighted by atomic mass is 10.2. The Morgan fingerprint density at radius 1 is 1.21 bits per heavy atom. The number of anilines is 1. The fourth-order valence-corrected chi connectivity index (χ4v) is 3.75. The molecule has 0 aliphatic carbocycles. The normalized spacial score (nSPS) is 10.7. The third kappa shape index (κ3) is 4.31. The Bertz CT molecular complexity index is 990. The molecule has 0 unspecified atom stereocenters. The molecule has 3 rings (SSSR count). The van der Waals surface area contributed by atoms with Crippen molar-refractivity contribution in [2.75, 3.05) is 18.2 Å². The van der Waals surface area contributed by atoms with Crippen LogP contribution in [-0.4, -0.2) is 33.5 Å². The lowest BCUT2D eigenvalue weighted by molar-refractivity contribution is -0.113. The van der Waals surface area contributed by atoms with Crippen LogP contribution in [0.2, 0.25) is 5.02 Å². The highest BCUT2D eigenvalue weighted by atomic mass is 35.5. The molecule has 0 aliphatic rings. The van der Waals surface area contributed by atoms with Crippen molar-refractivity contribution in [2.45, 2.75) is 25.5 Å². The summed E-state index contributed by atoms with van der Waals surface area (Å²) < 4.78 is 7.40. The minimum atomic E-state index is -0.125. The highest BCUT2D eigenvalue weighted by Crippen LogP contribution is 2.31. The van der Waals surface area contributed by atoms with E-state index >= 15 is 0 Å². The van der Waals surface area contributed by atoms with Crippen molar-refractivity contribution in [1.82, 2.24) is 14.8 Å². The number of benzene rings is 2. The first-order chi connectivity index (χ1) is 13.5. The summed E-state index contributed by atoms with van der Waals surface area (Å²) in [6.45, 7) is 4.57. The largest absolute Gasteiger partial charge is 0.496 e. The van der Waals surface area contributed by atoms with Gasteiger partial charge in [0.15, 0.2) is 11.0 Å². The molecular formula is C20H21ClN4O2S. The molecule has 0 saturated carbocycles. The van der Waals surface area contributed by atoms with Crippen LogP contribution in [0, 0.1) is 6.92 Å². The monoisotopic (exact) mass is 416 g/mol. The quantitative estimate of drug-likeness (QED) is 0.567. The van der Waals surface area contributed by atoms with E-state index < -0.39 is 0 Å². The average molecular weight is 417 g/mol. The molecule has 8 heteroatoms. The summed E-state index contributed by atoms with van der Waals surface area (Å²) in [5.74, 6) is 1.54. The number of amides is 1. The van der Waals surface area contributed by atoms with E-state index in [0.29, 0.717) is 28.2 Å². The van der Waals surface area contributed by atoms with Crippen LogP contribution in [0.25, 0.3) is 11.4 Å². The fourth-order valence-electron chi connectivity index (χ4n) is 2.77. The lowest BCUT2D eigenvalue weighted by Gasteiger charge is -2.11. The second kappa shape index (κ2) is 9.12. The van der Waals surface area contributed by atoms with Gasteiger partial charge < -0.3 is 14.6 Å². The summed E-state index contributed by atoms with van der Waals surface area (Å²) >= 11 is 7.45. The Hall–Kier alpha value is -2.51. The molecule has 0 spiro atoms. The number of hydrogen-bond acceptors (Lipinski definition) is 5. The van der Waals surface area contributed by atoms with E-state index in [9.17, 15) is 4.79 Å². The number of thioether (sulfide) groups is 1. The van der Waals surface area contributed by atoms with E-state index in [2.05, 4.69) is 15.5 Å². The van der Waals surface area contributed by atoms with Crippen LogP contribution in [0.5, 0.6) is 5.75 Å². The van der Waals surface area contributed by atoms with Crippen LogP contribution >= 0.6 is 23.4 Å². The zero-order valence-corrected chi connectivity index (χ0v) is 17.5. The summed E-state index contributed by atoms with van der Waals surface area (Å²) in [4.78, 5) is 12.4. The predicted molar refractivity (Wildman–Crippen MR) is 113 cm³/mol. The summed E-state index contributed by atoms with van der Waals surface area (Å²) in [6, 6.07) is 13.1. The molecule has 0 atom stereocenters. The number of nitrogens with one attached hydrogen (secondary N) is 1. The summed E-state index contributed by atoms with van der Waals surface area (Å²) in [5.41, 5.74) is 2.42. The molecule has 146 valence electrons. The van der Waals surface area contributed by atoms with Gasteiger partial charge in [0.1, 0.15) is 5.75 Å². The standard InChI is InChI=1S/C20H21ClN4O2S/c1-4-25-19(14-8-5-6-11-17(14)27-3)23-24-20(25)28-12-18(26)22-16-10-7-9-15(21)13(16)2/h5-11H,4,12H2,1-3H3,(H,22,26). The fraction of sp³-hybridized carbons (Fsp3) is 0.250. The molecule has 6 nitrogen and oxygen atoms in total. The minimum Gasteiger partial charge on any atom is -0.496 e. The van der Waals surface area contributed by atoms with Crippen molar-refractivity contribution in [3.8, 4) is 17.1 Å². The summed E-state index contributed by atoms with van der Waals surface area (Å²) in [5, 5.41) is 12.8. The zero-order chi connectivity index (χ0) is 20.1. The maximum absolute atomic E-state index is 12.4. The van der Waals surface area contributed by atoms with Gasteiger partial charge in [-0.2, -0.15) is 0 Å². The van der Waals surface area contributed by atoms with E-state index in [1.807, 2.05) is 54.8 Å². The number of methoxy groups -OCH3 is 1. The van der Waals surface area contributed by atoms with Crippen molar-refractivity contribution >= 4 is 35.0 Å². The van der Waals surface area contributed by atoms with Gasteiger partial charge in [-0.25, -0.2) is 0 Å². The van der Waals surface area contributed by atoms with Gasteiger partial charge in [-0.05, 0) is 43.7 Å². The first-order valence-electron chi connectivity index (χ1n) is 8.79. The van der Waals surface area contributed by atoms with Crippen LogP contribution < -0.4 is 10.1 Å². The van der Waals surface area contributed by atoms with Crippen molar-refractivity contribution in [3.63, 3.8) is 0 Å². The number of nitrogens with zero attached hydrogens (tertiary/aromatic N) is 3. The maximum atomic E-state index is 12.4. The SMILES string of the molecule is CCn1c(SCC(=O)Nc2cccc(Cl)c2C)nnc1-c1ccccc1OC. The van der Waals surface area contributed by atoms with Crippen molar-refractivity contribution < 1.29 is 9.53 Å². The molecule has 2 aromatic carbocycles. The summed E-state index contributed by atoms with van der Waals surface area (Å²) in [7, 11) is 1.63. The van der Waals surface area contributed by atoms with E-state index in [1.54, 1.807) is 13.2 Å². The lowest BCUT2D eigenvalue weighted by Crippen LogP contribution is -2.15. The van der Waals surface area contributed by atoms with E-state index in [0.717, 1.165) is 16.9 Å². The minimum absolute atomic E-state index is 0.125. The molecule has 1 N–H and O–H groups in total. The van der Waals surface area contributed by atoms with Gasteiger partial charge in [0.05, 0.1) is 18.4 Å². The molecule has 1 heterocycles. The van der Waals surface area contributed by atoms with Gasteiger partial charge in [0.25, 0.3) is 0 Å². The van der Waals surface area contributed by atoms with Crippen LogP contribution in [0.4, 0.5) is 5.69 Å². The third-order valence-corrected chi connectivity index (χ3v) is 5.63. The highest BCUT2D eigenvalue weighted by Gasteiger charge is 2.17. The highest BCUT2D eigenvalue weighted by molar-refractivity contribution is 7.99. The van der Waals surface area contributed by atoms with Gasteiger partial charge in [-0.1, -0.05) is 41.6 Å². The van der Waals surface area contributed by atoms with E-state index in [-0.39, 0.29) is 11.7 Å². The third-order valence-electron chi connectivity index (χ3n) is 4.26. The van der Waals surface area contributed by atoms with Gasteiger partial charge in [-0.3, -0.25) is 4.79 Å². The van der Waals surface area contributed by atoms with Crippen molar-refractivity contribution in [1.29, 1.82) is 0 Å². The molecule has 0 bridgehead atoms.